The van der Waals surface area contributed by atoms with Crippen molar-refractivity contribution in [2.45, 2.75) is 6.92 Å². The van der Waals surface area contributed by atoms with Crippen molar-refractivity contribution in [3.63, 3.8) is 0 Å². The van der Waals surface area contributed by atoms with Gasteiger partial charge in [0.05, 0.1) is 11.4 Å². The number of aryl methyl sites for hydroxylation is 1. The van der Waals surface area contributed by atoms with E-state index in [1.54, 1.807) is 12.4 Å². The van der Waals surface area contributed by atoms with Gasteiger partial charge in [0.15, 0.2) is 5.65 Å². The van der Waals surface area contributed by atoms with Crippen molar-refractivity contribution in [2.75, 3.05) is 5.32 Å². The van der Waals surface area contributed by atoms with E-state index < -0.39 is 0 Å². The summed E-state index contributed by atoms with van der Waals surface area (Å²) in [6.07, 6.45) is 3.53. The van der Waals surface area contributed by atoms with E-state index >= 15 is 0 Å². The summed E-state index contributed by atoms with van der Waals surface area (Å²) in [5.41, 5.74) is 6.81. The summed E-state index contributed by atoms with van der Waals surface area (Å²) >= 11 is 0. The number of benzene rings is 2. The number of anilines is 2. The predicted octanol–water partition coefficient (Wildman–Crippen LogP) is 5.51. The molecule has 0 spiro atoms. The summed E-state index contributed by atoms with van der Waals surface area (Å²) in [6.45, 7) is 2.02. The molecule has 29 heavy (non-hydrogen) atoms. The van der Waals surface area contributed by atoms with Gasteiger partial charge in [-0.15, -0.1) is 0 Å². The van der Waals surface area contributed by atoms with Gasteiger partial charge in [-0.1, -0.05) is 60.7 Å². The largest absolute Gasteiger partial charge is 0.340 e. The average Bonchev–Trinajstić information content (AvgIpc) is 3.12. The molecule has 140 valence electrons. The Labute approximate surface area is 168 Å². The Morgan fingerprint density at radius 3 is 2.14 bits per heavy atom. The first-order valence-electron chi connectivity index (χ1n) is 9.48. The van der Waals surface area contributed by atoms with Crippen LogP contribution < -0.4 is 5.32 Å². The molecule has 0 aliphatic heterocycles. The zero-order valence-electron chi connectivity index (χ0n) is 15.9. The number of hydrogen-bond donors (Lipinski definition) is 1. The topological polar surface area (TPSA) is 55.1 Å². The number of nitrogens with zero attached hydrogens (tertiary/aromatic N) is 4. The third-order valence-electron chi connectivity index (χ3n) is 4.85. The Morgan fingerprint density at radius 2 is 1.45 bits per heavy atom. The van der Waals surface area contributed by atoms with E-state index in [1.807, 2.05) is 66.0 Å². The molecule has 5 heteroatoms. The molecule has 0 radical (unpaired) electrons. The van der Waals surface area contributed by atoms with Crippen LogP contribution >= 0.6 is 0 Å². The van der Waals surface area contributed by atoms with Crippen LogP contribution in [0.2, 0.25) is 0 Å². The van der Waals surface area contributed by atoms with Gasteiger partial charge in [-0.3, -0.25) is 4.98 Å². The first-order chi connectivity index (χ1) is 14.3. The molecule has 5 aromatic rings. The molecule has 0 aliphatic carbocycles. The highest BCUT2D eigenvalue weighted by Crippen LogP contribution is 2.32. The maximum Gasteiger partial charge on any atom is 0.166 e. The lowest BCUT2D eigenvalue weighted by Crippen LogP contribution is -2.02. The van der Waals surface area contributed by atoms with E-state index in [9.17, 15) is 0 Å². The van der Waals surface area contributed by atoms with Crippen LogP contribution in [0.3, 0.4) is 0 Å². The summed E-state index contributed by atoms with van der Waals surface area (Å²) in [5, 5.41) is 8.27. The Kier molecular flexibility index (Phi) is 4.26. The Bertz CT molecular complexity index is 1260. The van der Waals surface area contributed by atoms with Gasteiger partial charge < -0.3 is 5.32 Å². The van der Waals surface area contributed by atoms with Crippen molar-refractivity contribution < 1.29 is 0 Å². The molecular weight excluding hydrogens is 358 g/mol. The fourth-order valence-corrected chi connectivity index (χ4v) is 3.50. The smallest absolute Gasteiger partial charge is 0.166 e. The summed E-state index contributed by atoms with van der Waals surface area (Å²) in [4.78, 5) is 9.09. The van der Waals surface area contributed by atoms with E-state index in [0.29, 0.717) is 0 Å². The standard InChI is InChI=1S/C24H19N5/c1-17-23(19-10-6-3-7-11-19)24-27-21(18-8-4-2-5-9-18)16-22(29(24)28-17)26-20-12-14-25-15-13-20/h2-16H,1H3,(H,25,26). The van der Waals surface area contributed by atoms with Crippen molar-refractivity contribution in [1.82, 2.24) is 19.6 Å². The molecule has 3 heterocycles. The van der Waals surface area contributed by atoms with Crippen molar-refractivity contribution in [2.24, 2.45) is 0 Å². The minimum absolute atomic E-state index is 0.826. The maximum absolute atomic E-state index is 4.99. The molecule has 0 fully saturated rings. The fourth-order valence-electron chi connectivity index (χ4n) is 3.50. The van der Waals surface area contributed by atoms with Crippen molar-refractivity contribution in [3.8, 4) is 22.4 Å². The highest BCUT2D eigenvalue weighted by Gasteiger charge is 2.17. The quantitative estimate of drug-likeness (QED) is 0.449. The Hall–Kier alpha value is -3.99. The number of fused-ring (bicyclic) bond motifs is 1. The lowest BCUT2D eigenvalue weighted by Gasteiger charge is -2.11. The van der Waals surface area contributed by atoms with Crippen molar-refractivity contribution in [1.29, 1.82) is 0 Å². The van der Waals surface area contributed by atoms with Gasteiger partial charge in [-0.25, -0.2) is 4.98 Å². The molecule has 0 bridgehead atoms. The van der Waals surface area contributed by atoms with Crippen molar-refractivity contribution >= 4 is 17.2 Å². The first-order valence-corrected chi connectivity index (χ1v) is 9.48. The number of pyridine rings is 1. The van der Waals surface area contributed by atoms with Crippen LogP contribution in [0.4, 0.5) is 11.5 Å². The van der Waals surface area contributed by atoms with Crippen LogP contribution in [0.1, 0.15) is 5.69 Å². The summed E-state index contributed by atoms with van der Waals surface area (Å²) < 4.78 is 1.88. The molecule has 5 nitrogen and oxygen atoms in total. The molecule has 0 atom stereocenters. The minimum Gasteiger partial charge on any atom is -0.340 e. The molecular formula is C24H19N5. The maximum atomic E-state index is 4.99. The first kappa shape index (κ1) is 17.1. The highest BCUT2D eigenvalue weighted by atomic mass is 15.3. The lowest BCUT2D eigenvalue weighted by atomic mass is 10.1. The number of rotatable bonds is 4. The normalized spacial score (nSPS) is 10.9. The van der Waals surface area contributed by atoms with Crippen LogP contribution in [0.25, 0.3) is 28.0 Å². The molecule has 0 saturated heterocycles. The zero-order valence-corrected chi connectivity index (χ0v) is 15.9. The second-order valence-electron chi connectivity index (χ2n) is 6.82. The molecule has 5 rings (SSSR count). The average molecular weight is 377 g/mol. The van der Waals surface area contributed by atoms with Crippen LogP contribution in [-0.4, -0.2) is 19.6 Å². The summed E-state index contributed by atoms with van der Waals surface area (Å²) in [7, 11) is 0. The lowest BCUT2D eigenvalue weighted by molar-refractivity contribution is 0.926. The second-order valence-corrected chi connectivity index (χ2v) is 6.82. The van der Waals surface area contributed by atoms with Crippen molar-refractivity contribution in [3.05, 3.63) is 97.0 Å². The molecule has 0 aliphatic rings. The van der Waals surface area contributed by atoms with Gasteiger partial charge in [0.1, 0.15) is 5.82 Å². The number of aromatic nitrogens is 4. The monoisotopic (exact) mass is 377 g/mol. The van der Waals surface area contributed by atoms with Crippen LogP contribution in [0.5, 0.6) is 0 Å². The van der Waals surface area contributed by atoms with Gasteiger partial charge in [-0.05, 0) is 24.6 Å². The van der Waals surface area contributed by atoms with Gasteiger partial charge in [-0.2, -0.15) is 9.61 Å². The molecule has 3 aromatic heterocycles. The Morgan fingerprint density at radius 1 is 0.793 bits per heavy atom. The molecule has 1 N–H and O–H groups in total. The third kappa shape index (κ3) is 3.23. The van der Waals surface area contributed by atoms with E-state index in [4.69, 9.17) is 10.1 Å². The van der Waals surface area contributed by atoms with Gasteiger partial charge in [0, 0.05) is 35.3 Å². The number of nitrogens with one attached hydrogen (secondary N) is 1. The van der Waals surface area contributed by atoms with E-state index in [0.717, 1.165) is 45.2 Å². The predicted molar refractivity (Wildman–Crippen MR) is 116 cm³/mol. The summed E-state index contributed by atoms with van der Waals surface area (Å²) in [6, 6.07) is 26.4. The second kappa shape index (κ2) is 7.20. The van der Waals surface area contributed by atoms with Gasteiger partial charge in [0.2, 0.25) is 0 Å². The molecule has 0 amide bonds. The van der Waals surface area contributed by atoms with E-state index in [1.165, 1.54) is 0 Å². The number of hydrogen-bond acceptors (Lipinski definition) is 4. The van der Waals surface area contributed by atoms with Gasteiger partial charge in [0.25, 0.3) is 0 Å². The molecule has 0 unspecified atom stereocenters. The van der Waals surface area contributed by atoms with E-state index in [-0.39, 0.29) is 0 Å². The fraction of sp³-hybridized carbons (Fsp3) is 0.0417. The molecule has 0 saturated carbocycles. The zero-order chi connectivity index (χ0) is 19.6. The van der Waals surface area contributed by atoms with Crippen LogP contribution in [-0.2, 0) is 0 Å². The van der Waals surface area contributed by atoms with Crippen LogP contribution in [0, 0.1) is 6.92 Å². The minimum atomic E-state index is 0.826. The van der Waals surface area contributed by atoms with Crippen LogP contribution in [0.15, 0.2) is 91.3 Å². The summed E-state index contributed by atoms with van der Waals surface area (Å²) in [5.74, 6) is 0.852. The van der Waals surface area contributed by atoms with Gasteiger partial charge >= 0.3 is 0 Å². The highest BCUT2D eigenvalue weighted by molar-refractivity contribution is 5.83. The van der Waals surface area contributed by atoms with E-state index in [2.05, 4.69) is 34.6 Å². The molecule has 2 aromatic carbocycles. The Balaban J connectivity index is 1.76. The SMILES string of the molecule is Cc1nn2c(Nc3ccncc3)cc(-c3ccccc3)nc2c1-c1ccccc1. The third-order valence-corrected chi connectivity index (χ3v) is 4.85.